The van der Waals surface area contributed by atoms with E-state index in [1.165, 1.54) is 89.9 Å². The topological polar surface area (TPSA) is 95.9 Å². The van der Waals surface area contributed by atoms with Gasteiger partial charge >= 0.3 is 5.97 Å². The standard InChI is InChI=1S/C54H91NO5/c1-4-7-10-13-16-19-22-24-25-26-27-29-31-34-37-40-43-46-52(57)51(49-56)55-53(58)48-50(45-42-39-36-33-30-21-18-15-12-9-6-3)60-54(59)47-44-41-38-35-32-28-23-20-17-14-11-8-5-2/h8-9,11-12,14-15,17-18,20-21,23,28,30,32-33,36,50-52,56-57H,4-7,10,13,16,19,22,24-27,29,31,34-35,37-49H2,1-3H3,(H,55,58)/b11-8+,12-9+,17-14+,18-15+,23-20-,30-21-,32-28-,36-33-. The van der Waals surface area contributed by atoms with Gasteiger partial charge in [0.2, 0.25) is 5.91 Å². The van der Waals surface area contributed by atoms with E-state index in [4.69, 9.17) is 4.74 Å². The van der Waals surface area contributed by atoms with Gasteiger partial charge in [-0.25, -0.2) is 0 Å². The number of ether oxygens (including phenoxy) is 1. The minimum Gasteiger partial charge on any atom is -0.462 e. The molecule has 0 aromatic carbocycles. The van der Waals surface area contributed by atoms with Gasteiger partial charge in [-0.3, -0.25) is 9.59 Å². The summed E-state index contributed by atoms with van der Waals surface area (Å²) >= 11 is 0. The van der Waals surface area contributed by atoms with E-state index in [0.717, 1.165) is 70.6 Å². The van der Waals surface area contributed by atoms with Crippen molar-refractivity contribution in [1.82, 2.24) is 5.32 Å². The molecule has 0 aromatic rings. The Morgan fingerprint density at radius 2 is 0.917 bits per heavy atom. The zero-order valence-corrected chi connectivity index (χ0v) is 38.8. The molecule has 3 unspecified atom stereocenters. The summed E-state index contributed by atoms with van der Waals surface area (Å²) in [5.74, 6) is -0.598. The van der Waals surface area contributed by atoms with Crippen LogP contribution in [-0.4, -0.2) is 46.9 Å². The normalized spacial score (nSPS) is 14.2. The fraction of sp³-hybridized carbons (Fsp3) is 0.667. The highest BCUT2D eigenvalue weighted by Crippen LogP contribution is 2.17. The number of amides is 1. The molecule has 0 saturated heterocycles. The fourth-order valence-electron chi connectivity index (χ4n) is 6.93. The highest BCUT2D eigenvalue weighted by molar-refractivity contribution is 5.77. The molecule has 0 rings (SSSR count). The van der Waals surface area contributed by atoms with Crippen LogP contribution in [0.5, 0.6) is 0 Å². The van der Waals surface area contributed by atoms with Crippen LogP contribution < -0.4 is 5.32 Å². The van der Waals surface area contributed by atoms with E-state index in [2.05, 4.69) is 56.5 Å². The largest absolute Gasteiger partial charge is 0.462 e. The van der Waals surface area contributed by atoms with Gasteiger partial charge in [-0.2, -0.15) is 0 Å². The highest BCUT2D eigenvalue weighted by Gasteiger charge is 2.24. The summed E-state index contributed by atoms with van der Waals surface area (Å²) in [6, 6.07) is -0.736. The number of aliphatic hydroxyl groups excluding tert-OH is 2. The summed E-state index contributed by atoms with van der Waals surface area (Å²) in [6.45, 7) is 6.16. The molecule has 0 aliphatic rings. The van der Waals surface area contributed by atoms with Crippen LogP contribution in [0.3, 0.4) is 0 Å². The van der Waals surface area contributed by atoms with E-state index in [-0.39, 0.29) is 24.9 Å². The molecule has 6 heteroatoms. The molecule has 0 aliphatic carbocycles. The van der Waals surface area contributed by atoms with Crippen LogP contribution in [0.15, 0.2) is 97.2 Å². The zero-order valence-electron chi connectivity index (χ0n) is 38.8. The van der Waals surface area contributed by atoms with Gasteiger partial charge in [0.1, 0.15) is 6.10 Å². The number of allylic oxidation sites excluding steroid dienone is 16. The van der Waals surface area contributed by atoms with Gasteiger partial charge in [-0.15, -0.1) is 0 Å². The van der Waals surface area contributed by atoms with E-state index in [1.807, 2.05) is 66.8 Å². The SMILES string of the molecule is CC/C=C/C=C/C=C\C=C/CCCCCC(=O)OC(CCC\C=C/C=C\C=C\C=C\CC)CC(=O)NC(CO)C(O)CCCCCCCCCCCCCCCCCCC. The van der Waals surface area contributed by atoms with E-state index < -0.39 is 18.2 Å². The van der Waals surface area contributed by atoms with Crippen LogP contribution in [0.1, 0.15) is 207 Å². The summed E-state index contributed by atoms with van der Waals surface area (Å²) in [5.41, 5.74) is 0. The first-order chi connectivity index (χ1) is 29.5. The summed E-state index contributed by atoms with van der Waals surface area (Å²) in [6.07, 6.45) is 61.9. The lowest BCUT2D eigenvalue weighted by Crippen LogP contribution is -2.46. The Labute approximate surface area is 369 Å². The smallest absolute Gasteiger partial charge is 0.306 e. The fourth-order valence-corrected chi connectivity index (χ4v) is 6.93. The van der Waals surface area contributed by atoms with Crippen LogP contribution >= 0.6 is 0 Å². The number of unbranched alkanes of at least 4 members (excludes halogenated alkanes) is 20. The van der Waals surface area contributed by atoms with Gasteiger partial charge in [0.25, 0.3) is 0 Å². The van der Waals surface area contributed by atoms with Gasteiger partial charge in [-0.05, 0) is 57.8 Å². The van der Waals surface area contributed by atoms with Crippen molar-refractivity contribution in [3.8, 4) is 0 Å². The van der Waals surface area contributed by atoms with E-state index in [1.54, 1.807) is 0 Å². The van der Waals surface area contributed by atoms with Crippen molar-refractivity contribution in [2.24, 2.45) is 0 Å². The molecule has 3 N–H and O–H groups in total. The average Bonchev–Trinajstić information content (AvgIpc) is 3.24. The molecule has 0 heterocycles. The van der Waals surface area contributed by atoms with Gasteiger partial charge in [0.15, 0.2) is 0 Å². The quantitative estimate of drug-likeness (QED) is 0.0323. The third-order valence-corrected chi connectivity index (χ3v) is 10.6. The monoisotopic (exact) mass is 834 g/mol. The molecule has 60 heavy (non-hydrogen) atoms. The first-order valence-electron chi connectivity index (χ1n) is 24.6. The Kier molecular flexibility index (Phi) is 44.3. The molecule has 0 saturated carbocycles. The number of rotatable bonds is 42. The minimum absolute atomic E-state index is 0.0101. The molecule has 3 atom stereocenters. The third-order valence-electron chi connectivity index (χ3n) is 10.6. The first-order valence-corrected chi connectivity index (χ1v) is 24.6. The number of esters is 1. The van der Waals surface area contributed by atoms with Crippen molar-refractivity contribution in [2.75, 3.05) is 6.61 Å². The van der Waals surface area contributed by atoms with Crippen LogP contribution in [-0.2, 0) is 14.3 Å². The molecule has 0 radical (unpaired) electrons. The summed E-state index contributed by atoms with van der Waals surface area (Å²) in [4.78, 5) is 26.0. The number of hydrogen-bond donors (Lipinski definition) is 3. The predicted octanol–water partition coefficient (Wildman–Crippen LogP) is 14.6. The molecule has 0 spiro atoms. The van der Waals surface area contributed by atoms with Crippen molar-refractivity contribution in [1.29, 1.82) is 0 Å². The van der Waals surface area contributed by atoms with Gasteiger partial charge in [0.05, 0.1) is 25.2 Å². The van der Waals surface area contributed by atoms with Crippen molar-refractivity contribution < 1.29 is 24.5 Å². The predicted molar refractivity (Wildman–Crippen MR) is 259 cm³/mol. The van der Waals surface area contributed by atoms with Crippen LogP contribution in [0.25, 0.3) is 0 Å². The molecular weight excluding hydrogens is 743 g/mol. The van der Waals surface area contributed by atoms with Crippen LogP contribution in [0.2, 0.25) is 0 Å². The van der Waals surface area contributed by atoms with Crippen molar-refractivity contribution >= 4 is 11.9 Å². The molecule has 0 bridgehead atoms. The number of hydrogen-bond acceptors (Lipinski definition) is 5. The Hall–Kier alpha value is -3.22. The highest BCUT2D eigenvalue weighted by atomic mass is 16.5. The molecule has 342 valence electrons. The Morgan fingerprint density at radius 3 is 1.38 bits per heavy atom. The Morgan fingerprint density at radius 1 is 0.500 bits per heavy atom. The number of carbonyl (C=O) groups excluding carboxylic acids is 2. The number of nitrogens with one attached hydrogen (secondary N) is 1. The van der Waals surface area contributed by atoms with Crippen LogP contribution in [0.4, 0.5) is 0 Å². The van der Waals surface area contributed by atoms with E-state index >= 15 is 0 Å². The average molecular weight is 834 g/mol. The molecular formula is C54H91NO5. The molecule has 0 aromatic heterocycles. The van der Waals surface area contributed by atoms with Crippen molar-refractivity contribution in [2.45, 2.75) is 225 Å². The van der Waals surface area contributed by atoms with Gasteiger partial charge in [-0.1, -0.05) is 234 Å². The van der Waals surface area contributed by atoms with E-state index in [0.29, 0.717) is 19.3 Å². The Bertz CT molecular complexity index is 1210. The van der Waals surface area contributed by atoms with Gasteiger partial charge < -0.3 is 20.3 Å². The van der Waals surface area contributed by atoms with Gasteiger partial charge in [0, 0.05) is 6.42 Å². The lowest BCUT2D eigenvalue weighted by atomic mass is 10.0. The Balaban J connectivity index is 4.62. The van der Waals surface area contributed by atoms with E-state index in [9.17, 15) is 19.8 Å². The van der Waals surface area contributed by atoms with Crippen LogP contribution in [0, 0.1) is 0 Å². The second-order valence-corrected chi connectivity index (χ2v) is 16.3. The second-order valence-electron chi connectivity index (χ2n) is 16.3. The molecule has 0 fully saturated rings. The molecule has 0 aliphatic heterocycles. The maximum Gasteiger partial charge on any atom is 0.306 e. The minimum atomic E-state index is -0.817. The van der Waals surface area contributed by atoms with Crippen molar-refractivity contribution in [3.05, 3.63) is 97.2 Å². The number of aliphatic hydroxyl groups is 2. The second kappa shape index (κ2) is 46.8. The number of carbonyl (C=O) groups is 2. The maximum atomic E-state index is 13.2. The summed E-state index contributed by atoms with van der Waals surface area (Å²) in [5, 5.41) is 23.7. The summed E-state index contributed by atoms with van der Waals surface area (Å²) in [7, 11) is 0. The third kappa shape index (κ3) is 41.5. The molecule has 6 nitrogen and oxygen atoms in total. The summed E-state index contributed by atoms with van der Waals surface area (Å²) < 4.78 is 5.85. The lowest BCUT2D eigenvalue weighted by molar-refractivity contribution is -0.151. The lowest BCUT2D eigenvalue weighted by Gasteiger charge is -2.24. The maximum absolute atomic E-state index is 13.2. The first kappa shape index (κ1) is 56.8. The molecule has 1 amide bonds. The zero-order chi connectivity index (χ0) is 43.8. The van der Waals surface area contributed by atoms with Crippen molar-refractivity contribution in [3.63, 3.8) is 0 Å².